The van der Waals surface area contributed by atoms with E-state index < -0.39 is 0 Å². The molecule has 0 bridgehead atoms. The lowest BCUT2D eigenvalue weighted by Gasteiger charge is -2.21. The predicted octanol–water partition coefficient (Wildman–Crippen LogP) is 2.40. The summed E-state index contributed by atoms with van der Waals surface area (Å²) in [6.07, 6.45) is 10.5. The van der Waals surface area contributed by atoms with Gasteiger partial charge in [0.25, 0.3) is 0 Å². The summed E-state index contributed by atoms with van der Waals surface area (Å²) in [4.78, 5) is 22.8. The topological polar surface area (TPSA) is 70.7 Å². The van der Waals surface area contributed by atoms with Crippen molar-refractivity contribution < 1.29 is 4.79 Å². The Morgan fingerprint density at radius 3 is 2.53 bits per heavy atom. The van der Waals surface area contributed by atoms with Crippen LogP contribution in [0.25, 0.3) is 11.1 Å². The lowest BCUT2D eigenvalue weighted by atomic mass is 9.94. The summed E-state index contributed by atoms with van der Waals surface area (Å²) >= 11 is 0. The van der Waals surface area contributed by atoms with Gasteiger partial charge in [0.15, 0.2) is 0 Å². The van der Waals surface area contributed by atoms with Gasteiger partial charge in [0.2, 0.25) is 5.95 Å². The second-order valence-electron chi connectivity index (χ2n) is 4.85. The number of rotatable bonds is 3. The van der Waals surface area contributed by atoms with Crippen LogP contribution in [0.3, 0.4) is 0 Å². The number of nitrogens with one attached hydrogen (secondary N) is 2. The van der Waals surface area contributed by atoms with E-state index in [1.165, 1.54) is 0 Å². The van der Waals surface area contributed by atoms with Crippen LogP contribution in [-0.4, -0.2) is 26.8 Å². The summed E-state index contributed by atoms with van der Waals surface area (Å²) in [6.45, 7) is 0. The highest BCUT2D eigenvalue weighted by Crippen LogP contribution is 2.20. The van der Waals surface area contributed by atoms with Crippen LogP contribution in [0.2, 0.25) is 0 Å². The molecular weight excluding hydrogens is 240 g/mol. The molecule has 1 saturated carbocycles. The average Bonchev–Trinajstić information content (AvgIpc) is 2.96. The van der Waals surface area contributed by atoms with Crippen molar-refractivity contribution in [2.24, 2.45) is 0 Å². The fraction of sp³-hybridized carbons (Fsp3) is 0.357. The van der Waals surface area contributed by atoms with Crippen LogP contribution in [0.4, 0.5) is 5.95 Å². The molecule has 98 valence electrons. The molecule has 0 spiro atoms. The molecule has 5 heteroatoms. The zero-order valence-electron chi connectivity index (χ0n) is 10.6. The zero-order chi connectivity index (χ0) is 13.1. The average molecular weight is 256 g/mol. The molecular formula is C14H16N4O. The first kappa shape index (κ1) is 11.9. The molecule has 0 aromatic carbocycles. The molecule has 5 nitrogen and oxygen atoms in total. The Hall–Kier alpha value is -2.17. The van der Waals surface area contributed by atoms with E-state index in [1.54, 1.807) is 0 Å². The maximum absolute atomic E-state index is 11.2. The van der Waals surface area contributed by atoms with Crippen LogP contribution < -0.4 is 5.32 Å². The summed E-state index contributed by atoms with van der Waals surface area (Å²) in [5.41, 5.74) is 2.07. The molecule has 1 aliphatic rings. The van der Waals surface area contributed by atoms with Gasteiger partial charge in [-0.1, -0.05) is 0 Å². The van der Waals surface area contributed by atoms with Crippen LogP contribution in [0, 0.1) is 0 Å². The highest BCUT2D eigenvalue weighted by molar-refractivity contribution is 5.79. The third-order valence-corrected chi connectivity index (χ3v) is 3.46. The summed E-state index contributed by atoms with van der Waals surface area (Å²) in [5, 5.41) is 3.29. The molecule has 0 unspecified atom stereocenters. The summed E-state index contributed by atoms with van der Waals surface area (Å²) < 4.78 is 0. The van der Waals surface area contributed by atoms with Crippen LogP contribution in [-0.2, 0) is 4.79 Å². The molecule has 0 radical (unpaired) electrons. The van der Waals surface area contributed by atoms with Gasteiger partial charge >= 0.3 is 0 Å². The van der Waals surface area contributed by atoms with Crippen LogP contribution in [0.5, 0.6) is 0 Å². The lowest BCUT2D eigenvalue weighted by Crippen LogP contribution is -2.26. The molecule has 0 amide bonds. The first-order valence-electron chi connectivity index (χ1n) is 6.55. The Labute approximate surface area is 111 Å². The van der Waals surface area contributed by atoms with E-state index in [0.717, 1.165) is 24.0 Å². The summed E-state index contributed by atoms with van der Waals surface area (Å²) in [6, 6.07) is 2.30. The first-order valence-corrected chi connectivity index (χ1v) is 6.55. The Bertz CT molecular complexity index is 537. The minimum atomic E-state index is 0.316. The van der Waals surface area contributed by atoms with Crippen molar-refractivity contribution in [1.82, 2.24) is 15.0 Å². The Kier molecular flexibility index (Phi) is 3.27. The molecule has 1 aliphatic carbocycles. The number of carbonyl (C=O) groups is 1. The van der Waals surface area contributed by atoms with Crippen LogP contribution >= 0.6 is 0 Å². The highest BCUT2D eigenvalue weighted by atomic mass is 16.1. The Morgan fingerprint density at radius 1 is 1.16 bits per heavy atom. The van der Waals surface area contributed by atoms with E-state index in [2.05, 4.69) is 20.3 Å². The van der Waals surface area contributed by atoms with Crippen molar-refractivity contribution in [1.29, 1.82) is 0 Å². The number of H-pyrrole nitrogens is 1. The minimum absolute atomic E-state index is 0.316. The molecule has 0 atom stereocenters. The van der Waals surface area contributed by atoms with Crippen molar-refractivity contribution in [2.75, 3.05) is 5.32 Å². The third kappa shape index (κ3) is 2.81. The van der Waals surface area contributed by atoms with Gasteiger partial charge in [-0.3, -0.25) is 4.79 Å². The number of anilines is 1. The fourth-order valence-electron chi connectivity index (χ4n) is 2.32. The van der Waals surface area contributed by atoms with Gasteiger partial charge in [-0.25, -0.2) is 9.97 Å². The molecule has 1 fully saturated rings. The number of hydrogen-bond donors (Lipinski definition) is 2. The van der Waals surface area contributed by atoms with E-state index in [-0.39, 0.29) is 0 Å². The van der Waals surface area contributed by atoms with Gasteiger partial charge in [0, 0.05) is 54.8 Å². The number of hydrogen-bond acceptors (Lipinski definition) is 4. The number of Topliss-reactive ketones (excluding diaryl/α,β-unsaturated/α-hetero) is 1. The highest BCUT2D eigenvalue weighted by Gasteiger charge is 2.18. The van der Waals surface area contributed by atoms with Crippen molar-refractivity contribution >= 4 is 11.7 Å². The van der Waals surface area contributed by atoms with Crippen LogP contribution in [0.15, 0.2) is 30.9 Å². The van der Waals surface area contributed by atoms with Gasteiger partial charge in [-0.2, -0.15) is 0 Å². The third-order valence-electron chi connectivity index (χ3n) is 3.46. The summed E-state index contributed by atoms with van der Waals surface area (Å²) in [5.74, 6) is 1.00. The maximum Gasteiger partial charge on any atom is 0.222 e. The van der Waals surface area contributed by atoms with E-state index in [0.29, 0.717) is 30.6 Å². The molecule has 0 saturated heterocycles. The van der Waals surface area contributed by atoms with E-state index in [9.17, 15) is 4.79 Å². The van der Waals surface area contributed by atoms with Gasteiger partial charge in [0.1, 0.15) is 5.78 Å². The molecule has 2 heterocycles. The van der Waals surface area contributed by atoms with E-state index >= 15 is 0 Å². The van der Waals surface area contributed by atoms with Crippen molar-refractivity contribution in [3.8, 4) is 11.1 Å². The van der Waals surface area contributed by atoms with Crippen molar-refractivity contribution in [2.45, 2.75) is 31.7 Å². The molecule has 2 aromatic rings. The minimum Gasteiger partial charge on any atom is -0.367 e. The molecule has 0 aliphatic heterocycles. The predicted molar refractivity (Wildman–Crippen MR) is 72.7 cm³/mol. The molecule has 2 N–H and O–H groups in total. The van der Waals surface area contributed by atoms with Crippen LogP contribution in [0.1, 0.15) is 25.7 Å². The standard InChI is InChI=1S/C14H16N4O/c19-13-3-1-12(2-4-13)18-14-16-8-11(9-17-14)10-5-6-15-7-10/h5-9,12,15H,1-4H2,(H,16,17,18). The zero-order valence-corrected chi connectivity index (χ0v) is 10.6. The Morgan fingerprint density at radius 2 is 1.89 bits per heavy atom. The quantitative estimate of drug-likeness (QED) is 0.884. The van der Waals surface area contributed by atoms with Crippen molar-refractivity contribution in [3.05, 3.63) is 30.9 Å². The fourth-order valence-corrected chi connectivity index (χ4v) is 2.32. The van der Waals surface area contributed by atoms with Gasteiger partial charge in [-0.05, 0) is 18.9 Å². The number of carbonyl (C=O) groups excluding carboxylic acids is 1. The number of nitrogens with zero attached hydrogens (tertiary/aromatic N) is 2. The normalized spacial score (nSPS) is 16.5. The summed E-state index contributed by atoms with van der Waals surface area (Å²) in [7, 11) is 0. The van der Waals surface area contributed by atoms with Gasteiger partial charge in [0.05, 0.1) is 0 Å². The lowest BCUT2D eigenvalue weighted by molar-refractivity contribution is -0.120. The first-order chi connectivity index (χ1) is 9.31. The molecule has 19 heavy (non-hydrogen) atoms. The SMILES string of the molecule is O=C1CCC(Nc2ncc(-c3cc[nH]c3)cn2)CC1. The monoisotopic (exact) mass is 256 g/mol. The second kappa shape index (κ2) is 5.22. The number of aromatic nitrogens is 3. The largest absolute Gasteiger partial charge is 0.367 e. The molecule has 3 rings (SSSR count). The second-order valence-corrected chi connectivity index (χ2v) is 4.85. The van der Waals surface area contributed by atoms with Gasteiger partial charge in [-0.15, -0.1) is 0 Å². The molecule has 2 aromatic heterocycles. The van der Waals surface area contributed by atoms with E-state index in [4.69, 9.17) is 0 Å². The van der Waals surface area contributed by atoms with Crippen molar-refractivity contribution in [3.63, 3.8) is 0 Å². The maximum atomic E-state index is 11.2. The Balaban J connectivity index is 1.65. The number of aromatic amines is 1. The van der Waals surface area contributed by atoms with Gasteiger partial charge < -0.3 is 10.3 Å². The number of ketones is 1. The smallest absolute Gasteiger partial charge is 0.222 e. The van der Waals surface area contributed by atoms with E-state index in [1.807, 2.05) is 30.9 Å².